The van der Waals surface area contributed by atoms with E-state index in [9.17, 15) is 4.79 Å². The summed E-state index contributed by atoms with van der Waals surface area (Å²) in [6.45, 7) is 7.99. The molecule has 0 N–H and O–H groups in total. The SMILES string of the molecule is C=CC(=O)Oc1ccc(-c2ccc3c(c2)Cc2cc(C(C)CCC)ccc2-3)cc1. The predicted molar refractivity (Wildman–Crippen MR) is 119 cm³/mol. The Labute approximate surface area is 172 Å². The van der Waals surface area contributed by atoms with Crippen LogP contribution in [0.15, 0.2) is 73.3 Å². The normalized spacial score (nSPS) is 12.8. The minimum atomic E-state index is -0.444. The molecule has 29 heavy (non-hydrogen) atoms. The van der Waals surface area contributed by atoms with Crippen LogP contribution in [0.5, 0.6) is 5.75 Å². The van der Waals surface area contributed by atoms with Crippen LogP contribution >= 0.6 is 0 Å². The molecule has 0 radical (unpaired) electrons. The number of benzene rings is 3. The van der Waals surface area contributed by atoms with Gasteiger partial charge in [0.2, 0.25) is 0 Å². The molecule has 1 aliphatic rings. The minimum absolute atomic E-state index is 0.444. The molecule has 0 aliphatic heterocycles. The quantitative estimate of drug-likeness (QED) is 0.205. The van der Waals surface area contributed by atoms with Crippen molar-refractivity contribution in [2.75, 3.05) is 0 Å². The predicted octanol–water partition coefficient (Wildman–Crippen LogP) is 6.92. The highest BCUT2D eigenvalue weighted by atomic mass is 16.5. The van der Waals surface area contributed by atoms with Gasteiger partial charge in [0.15, 0.2) is 0 Å². The van der Waals surface area contributed by atoms with Crippen LogP contribution in [-0.2, 0) is 11.2 Å². The Morgan fingerprint density at radius 2 is 1.66 bits per heavy atom. The lowest BCUT2D eigenvalue weighted by molar-refractivity contribution is -0.128. The lowest BCUT2D eigenvalue weighted by atomic mass is 9.93. The van der Waals surface area contributed by atoms with E-state index in [0.29, 0.717) is 11.7 Å². The largest absolute Gasteiger partial charge is 0.423 e. The topological polar surface area (TPSA) is 26.3 Å². The maximum atomic E-state index is 11.3. The summed E-state index contributed by atoms with van der Waals surface area (Å²) < 4.78 is 5.16. The van der Waals surface area contributed by atoms with Gasteiger partial charge >= 0.3 is 5.97 Å². The van der Waals surface area contributed by atoms with E-state index < -0.39 is 5.97 Å². The average molecular weight is 383 g/mol. The van der Waals surface area contributed by atoms with Crippen molar-refractivity contribution >= 4 is 5.97 Å². The molecule has 2 nitrogen and oxygen atoms in total. The molecule has 1 atom stereocenters. The number of hydrogen-bond acceptors (Lipinski definition) is 2. The molecule has 3 aromatic rings. The number of carbonyl (C=O) groups is 1. The Kier molecular flexibility index (Phi) is 5.35. The summed E-state index contributed by atoms with van der Waals surface area (Å²) in [6, 6.07) is 21.3. The zero-order valence-corrected chi connectivity index (χ0v) is 17.1. The lowest BCUT2D eigenvalue weighted by Crippen LogP contribution is -2.02. The van der Waals surface area contributed by atoms with Crippen molar-refractivity contribution in [3.63, 3.8) is 0 Å². The molecule has 2 heteroatoms. The second kappa shape index (κ2) is 8.08. The zero-order valence-electron chi connectivity index (χ0n) is 17.1. The molecule has 4 rings (SSSR count). The summed E-state index contributed by atoms with van der Waals surface area (Å²) in [4.78, 5) is 11.3. The average Bonchev–Trinajstić information content (AvgIpc) is 3.11. The van der Waals surface area contributed by atoms with E-state index in [0.717, 1.165) is 12.0 Å². The maximum Gasteiger partial charge on any atom is 0.335 e. The summed E-state index contributed by atoms with van der Waals surface area (Å²) in [5, 5.41) is 0. The monoisotopic (exact) mass is 382 g/mol. The van der Waals surface area contributed by atoms with Crippen LogP contribution in [0.1, 0.15) is 49.3 Å². The highest BCUT2D eigenvalue weighted by molar-refractivity contribution is 5.84. The minimum Gasteiger partial charge on any atom is -0.423 e. The molecular weight excluding hydrogens is 356 g/mol. The fourth-order valence-electron chi connectivity index (χ4n) is 4.19. The first-order chi connectivity index (χ1) is 14.1. The second-order valence-electron chi connectivity index (χ2n) is 7.80. The fraction of sp³-hybridized carbons (Fsp3) is 0.222. The second-order valence-corrected chi connectivity index (χ2v) is 7.80. The summed E-state index contributed by atoms with van der Waals surface area (Å²) >= 11 is 0. The van der Waals surface area contributed by atoms with Crippen molar-refractivity contribution in [1.29, 1.82) is 0 Å². The van der Waals surface area contributed by atoms with Gasteiger partial charge in [0.1, 0.15) is 5.75 Å². The molecule has 1 unspecified atom stereocenters. The Balaban J connectivity index is 1.58. The van der Waals surface area contributed by atoms with Crippen molar-refractivity contribution in [3.05, 3.63) is 90.0 Å². The number of hydrogen-bond donors (Lipinski definition) is 0. The van der Waals surface area contributed by atoms with E-state index in [-0.39, 0.29) is 0 Å². The number of esters is 1. The molecule has 0 bridgehead atoms. The molecule has 1 aliphatic carbocycles. The van der Waals surface area contributed by atoms with Gasteiger partial charge in [-0.25, -0.2) is 4.79 Å². The van der Waals surface area contributed by atoms with Crippen LogP contribution in [0.4, 0.5) is 0 Å². The first-order valence-corrected chi connectivity index (χ1v) is 10.3. The number of carbonyl (C=O) groups excluding carboxylic acids is 1. The van der Waals surface area contributed by atoms with Gasteiger partial charge < -0.3 is 4.74 Å². The highest BCUT2D eigenvalue weighted by Crippen LogP contribution is 2.40. The first kappa shape index (κ1) is 19.2. The Hall–Kier alpha value is -3.13. The van der Waals surface area contributed by atoms with Crippen LogP contribution in [0.3, 0.4) is 0 Å². The molecular formula is C27H26O2. The number of rotatable bonds is 6. The molecule has 0 saturated heterocycles. The third-order valence-electron chi connectivity index (χ3n) is 5.77. The van der Waals surface area contributed by atoms with Gasteiger partial charge in [-0.1, -0.05) is 75.4 Å². The molecule has 146 valence electrons. The van der Waals surface area contributed by atoms with Crippen molar-refractivity contribution in [3.8, 4) is 28.0 Å². The van der Waals surface area contributed by atoms with Gasteiger partial charge in [-0.05, 0) is 69.8 Å². The van der Waals surface area contributed by atoms with Crippen molar-refractivity contribution < 1.29 is 9.53 Å². The zero-order chi connectivity index (χ0) is 20.4. The first-order valence-electron chi connectivity index (χ1n) is 10.3. The number of ether oxygens (including phenoxy) is 1. The summed E-state index contributed by atoms with van der Waals surface area (Å²) in [5.41, 5.74) is 9.25. The highest BCUT2D eigenvalue weighted by Gasteiger charge is 2.20. The third-order valence-corrected chi connectivity index (χ3v) is 5.77. The van der Waals surface area contributed by atoms with Crippen molar-refractivity contribution in [2.45, 2.75) is 39.0 Å². The molecule has 0 saturated carbocycles. The molecule has 0 aromatic heterocycles. The van der Waals surface area contributed by atoms with Crippen LogP contribution in [0, 0.1) is 0 Å². The fourth-order valence-corrected chi connectivity index (χ4v) is 4.19. The maximum absolute atomic E-state index is 11.3. The summed E-state index contributed by atoms with van der Waals surface area (Å²) in [5.74, 6) is 0.694. The van der Waals surface area contributed by atoms with Crippen molar-refractivity contribution in [2.24, 2.45) is 0 Å². The van der Waals surface area contributed by atoms with Gasteiger partial charge in [-0.2, -0.15) is 0 Å². The molecule has 0 fully saturated rings. The van der Waals surface area contributed by atoms with E-state index >= 15 is 0 Å². The summed E-state index contributed by atoms with van der Waals surface area (Å²) in [7, 11) is 0. The van der Waals surface area contributed by atoms with Gasteiger partial charge in [0, 0.05) is 6.08 Å². The van der Waals surface area contributed by atoms with E-state index in [1.165, 1.54) is 52.3 Å². The smallest absolute Gasteiger partial charge is 0.335 e. The van der Waals surface area contributed by atoms with Crippen LogP contribution in [0.25, 0.3) is 22.3 Å². The Morgan fingerprint density at radius 3 is 2.34 bits per heavy atom. The summed E-state index contributed by atoms with van der Waals surface area (Å²) in [6.07, 6.45) is 4.60. The lowest BCUT2D eigenvalue weighted by Gasteiger charge is -2.12. The van der Waals surface area contributed by atoms with E-state index in [4.69, 9.17) is 4.74 Å². The molecule has 0 amide bonds. The molecule has 3 aromatic carbocycles. The van der Waals surface area contributed by atoms with Crippen LogP contribution in [0.2, 0.25) is 0 Å². The molecule has 0 spiro atoms. The van der Waals surface area contributed by atoms with Gasteiger partial charge in [-0.15, -0.1) is 0 Å². The van der Waals surface area contributed by atoms with Gasteiger partial charge in [0.25, 0.3) is 0 Å². The number of fused-ring (bicyclic) bond motifs is 3. The third kappa shape index (κ3) is 3.88. The van der Waals surface area contributed by atoms with Crippen LogP contribution in [-0.4, -0.2) is 5.97 Å². The van der Waals surface area contributed by atoms with Crippen molar-refractivity contribution in [1.82, 2.24) is 0 Å². The van der Waals surface area contributed by atoms with Gasteiger partial charge in [-0.3, -0.25) is 0 Å². The van der Waals surface area contributed by atoms with Crippen LogP contribution < -0.4 is 4.74 Å². The van der Waals surface area contributed by atoms with E-state index in [2.05, 4.69) is 56.8 Å². The standard InChI is InChI=1S/C27H26O2/c1-4-6-18(3)20-9-13-25-22(15-20)17-23-16-21(10-14-26(23)25)19-7-11-24(12-8-19)29-27(28)5-2/h5,7-16,18H,2,4,6,17H2,1,3H3. The Morgan fingerprint density at radius 1 is 1.00 bits per heavy atom. The van der Waals surface area contributed by atoms with Gasteiger partial charge in [0.05, 0.1) is 0 Å². The Bertz CT molecular complexity index is 1060. The van der Waals surface area contributed by atoms with E-state index in [1.54, 1.807) is 0 Å². The van der Waals surface area contributed by atoms with E-state index in [1.807, 2.05) is 24.3 Å². The molecule has 0 heterocycles.